The van der Waals surface area contributed by atoms with E-state index in [1.54, 1.807) is 53.5 Å². The highest BCUT2D eigenvalue weighted by molar-refractivity contribution is 6.03. The summed E-state index contributed by atoms with van der Waals surface area (Å²) in [6.45, 7) is 5.35. The molecule has 6 aromatic rings. The number of nitrogens with zero attached hydrogens (tertiary/aromatic N) is 10. The number of fused-ring (bicyclic) bond motifs is 2. The lowest BCUT2D eigenvalue weighted by atomic mass is 10.1. The summed E-state index contributed by atoms with van der Waals surface area (Å²) in [5.41, 5.74) is 9.27. The molecule has 2 N–H and O–H groups in total. The van der Waals surface area contributed by atoms with E-state index in [9.17, 15) is 28.0 Å². The van der Waals surface area contributed by atoms with Crippen molar-refractivity contribution in [2.24, 2.45) is 19.8 Å². The van der Waals surface area contributed by atoms with E-state index in [0.717, 1.165) is 54.1 Å². The largest absolute Gasteiger partial charge is 0.465 e. The number of esters is 1. The van der Waals surface area contributed by atoms with Gasteiger partial charge in [-0.15, -0.1) is 0 Å². The van der Waals surface area contributed by atoms with Gasteiger partial charge in [0, 0.05) is 93.9 Å². The van der Waals surface area contributed by atoms with Crippen molar-refractivity contribution in [1.82, 2.24) is 39.2 Å². The number of hydrogen-bond donors (Lipinski definition) is 1. The second-order valence-electron chi connectivity index (χ2n) is 16.0. The molecule has 4 heterocycles. The zero-order valence-electron chi connectivity index (χ0n) is 36.7. The van der Waals surface area contributed by atoms with Crippen molar-refractivity contribution in [2.45, 2.75) is 13.1 Å². The molecule has 8 rings (SSSR count). The van der Waals surface area contributed by atoms with Gasteiger partial charge in [-0.2, -0.15) is 10.2 Å². The summed E-state index contributed by atoms with van der Waals surface area (Å²) in [5, 5.41) is 10.4. The summed E-state index contributed by atoms with van der Waals surface area (Å²) < 4.78 is 38.0. The van der Waals surface area contributed by atoms with Crippen molar-refractivity contribution in [2.75, 3.05) is 89.9 Å². The second kappa shape index (κ2) is 19.7. The molecule has 2 aromatic heterocycles. The van der Waals surface area contributed by atoms with Crippen LogP contribution in [0.25, 0.3) is 21.8 Å². The molecule has 16 nitrogen and oxygen atoms in total. The van der Waals surface area contributed by atoms with Gasteiger partial charge in [-0.1, -0.05) is 42.5 Å². The van der Waals surface area contributed by atoms with E-state index in [1.807, 2.05) is 64.6 Å². The third-order valence-electron chi connectivity index (χ3n) is 11.8. The maximum atomic E-state index is 14.9. The number of aromatic nitrogens is 4. The summed E-state index contributed by atoms with van der Waals surface area (Å²) in [6.07, 6.45) is 3.48. The van der Waals surface area contributed by atoms with E-state index < -0.39 is 17.6 Å². The molecular formula is C46H53F2N11O5. The van der Waals surface area contributed by atoms with Gasteiger partial charge < -0.3 is 30.1 Å². The molecule has 2 saturated heterocycles. The Morgan fingerprint density at radius 3 is 1.45 bits per heavy atom. The topological polar surface area (TPSA) is 159 Å². The number of carbonyl (C=O) groups is 4. The fraction of sp³-hybridized carbons (Fsp3) is 0.348. The fourth-order valence-electron chi connectivity index (χ4n) is 7.94. The first kappa shape index (κ1) is 45.3. The predicted molar refractivity (Wildman–Crippen MR) is 240 cm³/mol. The lowest BCUT2D eigenvalue weighted by molar-refractivity contribution is 0.0600. The normalized spacial score (nSPS) is 14.6. The van der Waals surface area contributed by atoms with E-state index in [0.29, 0.717) is 48.7 Å². The first-order valence-corrected chi connectivity index (χ1v) is 21.0. The number of carbonyl (C=O) groups excluding carboxylic acids is 4. The van der Waals surface area contributed by atoms with Gasteiger partial charge in [-0.3, -0.25) is 24.0 Å². The van der Waals surface area contributed by atoms with Crippen molar-refractivity contribution in [3.63, 3.8) is 0 Å². The van der Waals surface area contributed by atoms with Gasteiger partial charge in [0.1, 0.15) is 11.6 Å². The summed E-state index contributed by atoms with van der Waals surface area (Å²) >= 11 is 0. The Kier molecular flexibility index (Phi) is 14.0. The Bertz CT molecular complexity index is 2490. The molecule has 18 heteroatoms. The van der Waals surface area contributed by atoms with Gasteiger partial charge in [0.15, 0.2) is 5.78 Å². The van der Waals surface area contributed by atoms with Crippen LogP contribution < -0.4 is 15.5 Å². The maximum Gasteiger partial charge on any atom is 0.337 e. The smallest absolute Gasteiger partial charge is 0.337 e. The lowest BCUT2D eigenvalue weighted by Crippen LogP contribution is -2.52. The number of rotatable bonds is 9. The van der Waals surface area contributed by atoms with Gasteiger partial charge in [0.25, 0.3) is 0 Å². The average Bonchev–Trinajstić information content (AvgIpc) is 3.89. The van der Waals surface area contributed by atoms with Crippen LogP contribution in [0.3, 0.4) is 0 Å². The van der Waals surface area contributed by atoms with Crippen molar-refractivity contribution in [1.29, 1.82) is 0 Å². The summed E-state index contributed by atoms with van der Waals surface area (Å²) in [4.78, 5) is 61.9. The van der Waals surface area contributed by atoms with Gasteiger partial charge in [-0.05, 0) is 44.4 Å². The number of piperazine rings is 2. The van der Waals surface area contributed by atoms with Crippen LogP contribution in [0.2, 0.25) is 0 Å². The maximum absolute atomic E-state index is 14.9. The van der Waals surface area contributed by atoms with Crippen LogP contribution in [0.4, 0.5) is 29.7 Å². The van der Waals surface area contributed by atoms with E-state index in [-0.39, 0.29) is 48.6 Å². The van der Waals surface area contributed by atoms with Crippen molar-refractivity contribution >= 4 is 57.0 Å². The van der Waals surface area contributed by atoms with E-state index in [1.165, 1.54) is 25.3 Å². The van der Waals surface area contributed by atoms with E-state index in [2.05, 4.69) is 24.7 Å². The standard InChI is InChI=1S/C23H27FN6O2.C23H26FN5O3/c1-27-8-10-29(11-9-27)23(32)30(20-5-3-4-17-14-26-28(2)22(17)20)15-18-7-6-16(12-19(18)24)21(31)13-25;1-26-9-11-28(12-10-26)23(31)29(20-6-4-5-17-14-25-27(2)21(17)20)15-18-8-7-16(13-19(18)24)22(30)32-3/h3-7,12,14H,8-11,13,15,25H2,1-2H3;4-8,13-14H,9-12,15H2,1-3H3. The van der Waals surface area contributed by atoms with Crippen molar-refractivity contribution in [3.05, 3.63) is 119 Å². The number of urea groups is 2. The highest BCUT2D eigenvalue weighted by Gasteiger charge is 2.30. The van der Waals surface area contributed by atoms with Gasteiger partial charge >= 0.3 is 18.0 Å². The molecule has 0 radical (unpaired) electrons. The Balaban J connectivity index is 0.000000191. The molecule has 336 valence electrons. The molecule has 0 bridgehead atoms. The number of para-hydroxylation sites is 2. The number of ketones is 1. The number of hydrogen-bond acceptors (Lipinski definition) is 10. The Morgan fingerprint density at radius 2 is 1.05 bits per heavy atom. The van der Waals surface area contributed by atoms with E-state index >= 15 is 0 Å². The number of likely N-dealkylation sites (N-methyl/N-ethyl adjacent to an activating group) is 2. The van der Waals surface area contributed by atoms with Gasteiger partial charge in [-0.25, -0.2) is 23.2 Å². The summed E-state index contributed by atoms with van der Waals surface area (Å²) in [7, 11) is 8.93. The van der Waals surface area contributed by atoms with Crippen LogP contribution in [0, 0.1) is 11.6 Å². The van der Waals surface area contributed by atoms with Crippen LogP contribution in [0.15, 0.2) is 85.2 Å². The fourth-order valence-corrected chi connectivity index (χ4v) is 7.94. The molecule has 64 heavy (non-hydrogen) atoms. The molecule has 0 unspecified atom stereocenters. The van der Waals surface area contributed by atoms with Crippen molar-refractivity contribution < 1.29 is 32.7 Å². The number of methoxy groups -OCH3 is 1. The number of benzene rings is 4. The molecule has 0 atom stereocenters. The second-order valence-corrected chi connectivity index (χ2v) is 16.0. The molecule has 2 aliphatic heterocycles. The van der Waals surface area contributed by atoms with Crippen LogP contribution in [0.1, 0.15) is 31.8 Å². The Labute approximate surface area is 369 Å². The monoisotopic (exact) mass is 877 g/mol. The van der Waals surface area contributed by atoms with Gasteiger partial charge in [0.2, 0.25) is 0 Å². The quantitative estimate of drug-likeness (QED) is 0.153. The lowest BCUT2D eigenvalue weighted by Gasteiger charge is -2.36. The number of aryl methyl sites for hydroxylation is 2. The number of halogens is 2. The first-order chi connectivity index (χ1) is 30.8. The molecule has 0 saturated carbocycles. The highest BCUT2D eigenvalue weighted by Crippen LogP contribution is 2.31. The summed E-state index contributed by atoms with van der Waals surface area (Å²) in [5.74, 6) is -2.06. The predicted octanol–water partition coefficient (Wildman–Crippen LogP) is 5.10. The molecule has 2 aliphatic rings. The van der Waals surface area contributed by atoms with Crippen LogP contribution >= 0.6 is 0 Å². The number of amides is 4. The first-order valence-electron chi connectivity index (χ1n) is 21.0. The molecule has 0 spiro atoms. The van der Waals surface area contributed by atoms with Crippen LogP contribution in [-0.2, 0) is 31.9 Å². The molecule has 4 amide bonds. The minimum absolute atomic E-state index is 0.0166. The zero-order valence-corrected chi connectivity index (χ0v) is 36.7. The zero-order chi connectivity index (χ0) is 45.7. The van der Waals surface area contributed by atoms with Crippen molar-refractivity contribution in [3.8, 4) is 0 Å². The summed E-state index contributed by atoms with van der Waals surface area (Å²) in [6, 6.07) is 19.4. The SMILES string of the molecule is CN1CCN(C(=O)N(Cc2ccc(C(=O)CN)cc2F)c2cccc3cnn(C)c23)CC1.COC(=O)c1ccc(CN(C(=O)N2CCN(C)CC2)c2cccc3cnn(C)c23)c(F)c1. The molecule has 2 fully saturated rings. The number of anilines is 2. The molecular weight excluding hydrogens is 825 g/mol. The number of ether oxygens (including phenoxy) is 1. The van der Waals surface area contributed by atoms with Gasteiger partial charge in [0.05, 0.1) is 67.1 Å². The van der Waals surface area contributed by atoms with Crippen LogP contribution in [0.5, 0.6) is 0 Å². The third-order valence-corrected chi connectivity index (χ3v) is 11.8. The highest BCUT2D eigenvalue weighted by atomic mass is 19.1. The van der Waals surface area contributed by atoms with Crippen LogP contribution in [-0.4, -0.2) is 143 Å². The third kappa shape index (κ3) is 9.73. The Hall–Kier alpha value is -6.76. The molecule has 0 aliphatic carbocycles. The minimum Gasteiger partial charge on any atom is -0.465 e. The minimum atomic E-state index is -0.611. The number of Topliss-reactive ketones (excluding diaryl/α,β-unsaturated/α-hetero) is 1. The Morgan fingerprint density at radius 1 is 0.625 bits per heavy atom. The average molecular weight is 878 g/mol. The number of nitrogens with two attached hydrogens (primary N) is 1. The molecule has 4 aromatic carbocycles. The van der Waals surface area contributed by atoms with E-state index in [4.69, 9.17) is 5.73 Å².